The number of hydrogen-bond acceptors (Lipinski definition) is 6. The van der Waals surface area contributed by atoms with Crippen LogP contribution in [0.5, 0.6) is 0 Å². The quantitative estimate of drug-likeness (QED) is 0.112. The van der Waals surface area contributed by atoms with Crippen LogP contribution in [0.25, 0.3) is 0 Å². The molecule has 1 aromatic carbocycles. The van der Waals surface area contributed by atoms with E-state index >= 15 is 0 Å². The number of fused-ring (bicyclic) bond motifs is 1. The van der Waals surface area contributed by atoms with Crippen molar-refractivity contribution in [3.05, 3.63) is 53.1 Å². The van der Waals surface area contributed by atoms with Crippen LogP contribution >= 0.6 is 36.8 Å². The maximum atomic E-state index is 10.4. The van der Waals surface area contributed by atoms with Crippen molar-refractivity contribution in [2.75, 3.05) is 11.4 Å². The molecule has 0 unspecified atom stereocenters. The van der Waals surface area contributed by atoms with E-state index in [1.54, 1.807) is 12.4 Å². The molecule has 0 amide bonds. The summed E-state index contributed by atoms with van der Waals surface area (Å²) >= 11 is 6.45. The Morgan fingerprint density at radius 1 is 1.26 bits per heavy atom. The molecule has 0 aromatic heterocycles. The van der Waals surface area contributed by atoms with Gasteiger partial charge in [-0.15, -0.1) is 11.8 Å². The van der Waals surface area contributed by atoms with E-state index in [2.05, 4.69) is 56.7 Å². The predicted molar refractivity (Wildman–Crippen MR) is 190 cm³/mol. The van der Waals surface area contributed by atoms with Crippen molar-refractivity contribution in [2.45, 2.75) is 115 Å². The fraction of sp³-hybridized carbons (Fsp3) is 0.706. The minimum absolute atomic E-state index is 0.0974. The Labute approximate surface area is 279 Å². The first-order chi connectivity index (χ1) is 21.7. The van der Waals surface area contributed by atoms with E-state index in [0.717, 1.165) is 55.5 Å². The summed E-state index contributed by atoms with van der Waals surface area (Å²) in [6, 6.07) is 8.39. The molecule has 4 aliphatic rings. The molecule has 1 aromatic rings. The molecule has 4 fully saturated rings. The number of hydrogen-bond donors (Lipinski definition) is 5. The summed E-state index contributed by atoms with van der Waals surface area (Å²) in [6.07, 6.45) is 14.3. The second-order valence-electron chi connectivity index (χ2n) is 13.6. The lowest BCUT2D eigenvalue weighted by Gasteiger charge is -2.44. The summed E-state index contributed by atoms with van der Waals surface area (Å²) in [5.74, 6) is 3.11. The number of thiol groups is 2. The van der Waals surface area contributed by atoms with Crippen LogP contribution in [-0.2, 0) is 5.60 Å². The van der Waals surface area contributed by atoms with Crippen molar-refractivity contribution >= 4 is 51.1 Å². The molecule has 3 N–H and O–H groups in total. The standard InChI is InChI=1S/C32H46O3S.CH5BS.CH3BS/c1-21(20-36-25-9-5-8-24(19-25)30(2,3)35)26-12-13-27-23(7-6-14-31(26,27)4)11-10-22-17-28(33)32(15-16-32)29(34)18-22;1-2-3;2-1-3/h5,8-11,19,21,26-29,33-35H,6-7,12-18,20H2,1-4H3;2-3H,1H3;3H,1H2/b23-11+;;/t21-,26+,27-,28+,29+,31+;;/m0../s1/i33T,34T;2D;/hD. The third kappa shape index (κ3) is 8.72. The monoisotopic (exact) mass is 634 g/mol. The lowest BCUT2D eigenvalue weighted by molar-refractivity contribution is -0.0225. The van der Waals surface area contributed by atoms with Gasteiger partial charge < -0.3 is 15.3 Å². The largest absolute Gasteiger partial charge is 0.392 e. The van der Waals surface area contributed by atoms with Crippen LogP contribution in [0.3, 0.4) is 0 Å². The fourth-order valence-corrected chi connectivity index (χ4v) is 8.92. The molecular weight excluding hydrogens is 574 g/mol. The maximum absolute atomic E-state index is 10.4. The first-order valence-corrected chi connectivity index (χ1v) is 17.8. The van der Waals surface area contributed by atoms with Gasteiger partial charge in [0.2, 0.25) is 2.86 Å². The molecule has 6 atom stereocenters. The Morgan fingerprint density at radius 2 is 1.93 bits per heavy atom. The molecule has 3 nitrogen and oxygen atoms in total. The third-order valence-electron chi connectivity index (χ3n) is 10.3. The van der Waals surface area contributed by atoms with Gasteiger partial charge in [0.15, 0.2) is 6.52 Å². The first kappa shape index (κ1) is 30.4. The average molecular weight is 635 g/mol. The van der Waals surface area contributed by atoms with Gasteiger partial charge in [-0.1, -0.05) is 56.1 Å². The number of thioether (sulfide) groups is 1. The Hall–Kier alpha value is -0.240. The number of benzene rings is 1. The number of rotatable bonds is 9. The van der Waals surface area contributed by atoms with Gasteiger partial charge in [-0.2, -0.15) is 12.5 Å². The Kier molecular flexibility index (Phi) is 11.5. The van der Waals surface area contributed by atoms with Crippen LogP contribution in [0.2, 0.25) is 6.82 Å². The molecule has 0 saturated heterocycles. The Morgan fingerprint density at radius 3 is 2.50 bits per heavy atom. The zero-order valence-corrected chi connectivity index (χ0v) is 28.8. The smallest absolute Gasteiger partial charge is 0.210 e. The van der Waals surface area contributed by atoms with Gasteiger partial charge in [0, 0.05) is 16.1 Å². The van der Waals surface area contributed by atoms with Crippen LogP contribution in [0.1, 0.15) is 91.0 Å². The molecule has 5 rings (SSSR count). The zero-order chi connectivity index (χ0) is 34.1. The van der Waals surface area contributed by atoms with Gasteiger partial charge in [0.1, 0.15) is 1.12 Å². The van der Waals surface area contributed by atoms with E-state index in [1.165, 1.54) is 42.6 Å². The van der Waals surface area contributed by atoms with Crippen LogP contribution in [-0.4, -0.2) is 58.6 Å². The lowest BCUT2D eigenvalue weighted by Crippen LogP contribution is -2.38. The van der Waals surface area contributed by atoms with Gasteiger partial charge in [-0.3, -0.25) is 0 Å². The summed E-state index contributed by atoms with van der Waals surface area (Å²) in [5, 5.41) is 20.7. The third-order valence-corrected chi connectivity index (χ3v) is 11.6. The van der Waals surface area contributed by atoms with Crippen molar-refractivity contribution < 1.29 is 15.3 Å². The highest BCUT2D eigenvalue weighted by Gasteiger charge is 2.56. The Balaban J connectivity index is 0.000000647. The highest BCUT2D eigenvalue weighted by atomic mass is 32.2. The van der Waals surface area contributed by atoms with Crippen molar-refractivity contribution in [3.63, 3.8) is 0 Å². The number of allylic oxidation sites excluding steroid dienone is 3. The molecule has 232 valence electrons. The molecule has 1 spiro atoms. The average Bonchev–Trinajstić information content (AvgIpc) is 3.72. The van der Waals surface area contributed by atoms with Crippen molar-refractivity contribution in [2.24, 2.45) is 28.6 Å². The number of aliphatic hydroxyl groups excluding tert-OH is 2. The van der Waals surface area contributed by atoms with Gasteiger partial charge >= 0.3 is 0 Å². The molecule has 0 aliphatic heterocycles. The fourth-order valence-electron chi connectivity index (χ4n) is 7.85. The van der Waals surface area contributed by atoms with E-state index in [9.17, 15) is 5.11 Å². The normalized spacial score (nSPS) is 32.5. The molecule has 0 heterocycles. The van der Waals surface area contributed by atoms with E-state index in [4.69, 9.17) is 23.4 Å². The minimum Gasteiger partial charge on any atom is -0.392 e. The predicted octanol–water partition coefficient (Wildman–Crippen LogP) is 7.37. The van der Waals surface area contributed by atoms with Crippen LogP contribution in [0, 0.1) is 28.6 Å². The zero-order valence-electron chi connectivity index (χ0n) is 30.3. The second kappa shape index (κ2) is 15.8. The summed E-state index contributed by atoms with van der Waals surface area (Å²) in [7, 11) is 4.80. The highest BCUT2D eigenvalue weighted by molar-refractivity contribution is 8.06. The molecule has 4 aliphatic carbocycles. The Bertz CT molecular complexity index is 1140. The number of aliphatic hydroxyl groups is 3. The highest BCUT2D eigenvalue weighted by Crippen LogP contribution is 2.60. The van der Waals surface area contributed by atoms with Crippen molar-refractivity contribution in [1.29, 1.82) is 5.32 Å². The topological polar surface area (TPSA) is 60.7 Å². The van der Waals surface area contributed by atoms with Gasteiger partial charge in [-0.05, 0) is 119 Å². The van der Waals surface area contributed by atoms with Gasteiger partial charge in [0.05, 0.1) is 25.7 Å². The van der Waals surface area contributed by atoms with Crippen molar-refractivity contribution in [1.82, 2.24) is 0 Å². The summed E-state index contributed by atoms with van der Waals surface area (Å²) in [4.78, 5) is 1.25. The summed E-state index contributed by atoms with van der Waals surface area (Å²) in [6.45, 7) is 10.2. The minimum atomic E-state index is -0.810. The first-order valence-electron chi connectivity index (χ1n) is 17.5. The molecule has 0 bridgehead atoms. The van der Waals surface area contributed by atoms with Gasteiger partial charge in [-0.25, -0.2) is 12.5 Å². The summed E-state index contributed by atoms with van der Waals surface area (Å²) < 4.78 is 27.9. The lowest BCUT2D eigenvalue weighted by atomic mass is 9.61. The van der Waals surface area contributed by atoms with E-state index in [-0.39, 0.29) is 24.1 Å². The molecule has 4 saturated carbocycles. The van der Waals surface area contributed by atoms with Crippen LogP contribution < -0.4 is 0 Å². The summed E-state index contributed by atoms with van der Waals surface area (Å²) in [5.41, 5.74) is 3.69. The van der Waals surface area contributed by atoms with E-state index in [1.807, 2.05) is 31.7 Å². The second-order valence-corrected chi connectivity index (χ2v) is 15.5. The molecular formula is C34H54B2O3S3. The van der Waals surface area contributed by atoms with Crippen molar-refractivity contribution in [3.8, 4) is 0 Å². The maximum Gasteiger partial charge on any atom is 0.210 e. The molecule has 2 radical (unpaired) electrons. The molecule has 42 heavy (non-hydrogen) atoms. The van der Waals surface area contributed by atoms with Crippen LogP contribution in [0.4, 0.5) is 0 Å². The molecule has 8 heteroatoms. The van der Waals surface area contributed by atoms with E-state index in [0.29, 0.717) is 22.9 Å². The van der Waals surface area contributed by atoms with E-state index < -0.39 is 5.60 Å². The van der Waals surface area contributed by atoms with Crippen LogP contribution in [0.15, 0.2) is 52.5 Å². The van der Waals surface area contributed by atoms with Gasteiger partial charge in [0.25, 0.3) is 0 Å². The SMILES string of the molecule is [2H]B(C)S.[2H]SC[B].[3H]O[C@@H]1CC(=C/C=C2\CCC[C@]3(C)[C@@H]([C@@H](C)CSc4cccc(C(C)(C)O)c4)CC[C@@H]23)C[C@@H](O[3H])C12CC2.